The molecule has 1 unspecified atom stereocenters. The van der Waals surface area contributed by atoms with E-state index in [1.807, 2.05) is 0 Å². The Hall–Kier alpha value is -1.12. The molecule has 0 radical (unpaired) electrons. The minimum absolute atomic E-state index is 0.337. The van der Waals surface area contributed by atoms with E-state index in [9.17, 15) is 0 Å². The standard InChI is InChI=1S/C18H22BrN/c1-3-8-18(15-9-5-4-6-10-15)20-14(2)16-11-7-12-17(19)13-16/h4-7,9-14,18,20H,3,8H2,1-2H3/t14-,18?/m1/s1. The van der Waals surface area contributed by atoms with Gasteiger partial charge in [0.25, 0.3) is 0 Å². The van der Waals surface area contributed by atoms with E-state index in [0.29, 0.717) is 12.1 Å². The van der Waals surface area contributed by atoms with Crippen molar-refractivity contribution in [1.29, 1.82) is 0 Å². The van der Waals surface area contributed by atoms with Crippen LogP contribution in [0, 0.1) is 0 Å². The van der Waals surface area contributed by atoms with Crippen LogP contribution in [0.3, 0.4) is 0 Å². The van der Waals surface area contributed by atoms with Crippen LogP contribution in [0.4, 0.5) is 0 Å². The van der Waals surface area contributed by atoms with Crippen molar-refractivity contribution < 1.29 is 0 Å². The third-order valence-electron chi connectivity index (χ3n) is 3.58. The van der Waals surface area contributed by atoms with Gasteiger partial charge in [-0.2, -0.15) is 0 Å². The lowest BCUT2D eigenvalue weighted by atomic mass is 10.00. The van der Waals surface area contributed by atoms with Gasteiger partial charge in [-0.25, -0.2) is 0 Å². The van der Waals surface area contributed by atoms with E-state index in [4.69, 9.17) is 0 Å². The minimum Gasteiger partial charge on any atom is -0.303 e. The Balaban J connectivity index is 2.12. The fraction of sp³-hybridized carbons (Fsp3) is 0.333. The van der Waals surface area contributed by atoms with Crippen LogP contribution in [0.15, 0.2) is 59.1 Å². The first-order valence-electron chi connectivity index (χ1n) is 7.27. The summed E-state index contributed by atoms with van der Waals surface area (Å²) in [5.41, 5.74) is 2.69. The Labute approximate surface area is 130 Å². The maximum atomic E-state index is 3.76. The van der Waals surface area contributed by atoms with Crippen LogP contribution < -0.4 is 5.32 Å². The largest absolute Gasteiger partial charge is 0.303 e. The minimum atomic E-state index is 0.337. The number of nitrogens with one attached hydrogen (secondary N) is 1. The molecular weight excluding hydrogens is 310 g/mol. The lowest BCUT2D eigenvalue weighted by Gasteiger charge is -2.24. The van der Waals surface area contributed by atoms with Gasteiger partial charge in [-0.15, -0.1) is 0 Å². The molecule has 1 nitrogen and oxygen atoms in total. The van der Waals surface area contributed by atoms with Gasteiger partial charge < -0.3 is 5.32 Å². The zero-order valence-corrected chi connectivity index (χ0v) is 13.7. The molecule has 0 amide bonds. The average Bonchev–Trinajstić information content (AvgIpc) is 2.47. The van der Waals surface area contributed by atoms with Crippen molar-refractivity contribution >= 4 is 15.9 Å². The quantitative estimate of drug-likeness (QED) is 0.722. The van der Waals surface area contributed by atoms with Crippen LogP contribution in [-0.4, -0.2) is 0 Å². The van der Waals surface area contributed by atoms with Crippen molar-refractivity contribution in [2.24, 2.45) is 0 Å². The molecule has 2 heteroatoms. The van der Waals surface area contributed by atoms with Crippen LogP contribution in [-0.2, 0) is 0 Å². The molecule has 0 heterocycles. The highest BCUT2D eigenvalue weighted by atomic mass is 79.9. The summed E-state index contributed by atoms with van der Waals surface area (Å²) in [4.78, 5) is 0. The molecule has 0 aliphatic rings. The van der Waals surface area contributed by atoms with Crippen molar-refractivity contribution in [2.75, 3.05) is 0 Å². The van der Waals surface area contributed by atoms with Gasteiger partial charge in [0, 0.05) is 16.6 Å². The Morgan fingerprint density at radius 2 is 1.70 bits per heavy atom. The van der Waals surface area contributed by atoms with Gasteiger partial charge in [0.2, 0.25) is 0 Å². The molecule has 20 heavy (non-hydrogen) atoms. The van der Waals surface area contributed by atoms with Gasteiger partial charge in [-0.1, -0.05) is 71.7 Å². The van der Waals surface area contributed by atoms with E-state index in [1.165, 1.54) is 17.5 Å². The van der Waals surface area contributed by atoms with Crippen molar-refractivity contribution in [1.82, 2.24) is 5.32 Å². The number of hydrogen-bond donors (Lipinski definition) is 1. The predicted molar refractivity (Wildman–Crippen MR) is 89.8 cm³/mol. The molecule has 0 aromatic heterocycles. The summed E-state index contributed by atoms with van der Waals surface area (Å²) < 4.78 is 1.13. The van der Waals surface area contributed by atoms with Crippen LogP contribution in [0.5, 0.6) is 0 Å². The summed E-state index contributed by atoms with van der Waals surface area (Å²) in [6.45, 7) is 4.47. The molecule has 0 fully saturated rings. The molecule has 2 atom stereocenters. The van der Waals surface area contributed by atoms with Crippen LogP contribution >= 0.6 is 15.9 Å². The highest BCUT2D eigenvalue weighted by Crippen LogP contribution is 2.24. The third kappa shape index (κ3) is 4.19. The number of rotatable bonds is 6. The second-order valence-electron chi connectivity index (χ2n) is 5.20. The van der Waals surface area contributed by atoms with Crippen molar-refractivity contribution in [3.8, 4) is 0 Å². The monoisotopic (exact) mass is 331 g/mol. The van der Waals surface area contributed by atoms with Gasteiger partial charge >= 0.3 is 0 Å². The topological polar surface area (TPSA) is 12.0 Å². The third-order valence-corrected chi connectivity index (χ3v) is 4.07. The lowest BCUT2D eigenvalue weighted by molar-refractivity contribution is 0.439. The van der Waals surface area contributed by atoms with Crippen LogP contribution in [0.25, 0.3) is 0 Å². The normalized spacial score (nSPS) is 13.9. The molecule has 1 N–H and O–H groups in total. The van der Waals surface area contributed by atoms with E-state index >= 15 is 0 Å². The highest BCUT2D eigenvalue weighted by Gasteiger charge is 2.14. The molecule has 2 aromatic carbocycles. The molecule has 0 aliphatic heterocycles. The molecule has 2 rings (SSSR count). The maximum Gasteiger partial charge on any atom is 0.0325 e. The number of hydrogen-bond acceptors (Lipinski definition) is 1. The summed E-state index contributed by atoms with van der Waals surface area (Å²) in [5.74, 6) is 0. The summed E-state index contributed by atoms with van der Waals surface area (Å²) >= 11 is 3.54. The van der Waals surface area contributed by atoms with E-state index in [0.717, 1.165) is 10.9 Å². The molecule has 2 aromatic rings. The predicted octanol–water partition coefficient (Wildman–Crippen LogP) is 5.64. The van der Waals surface area contributed by atoms with Gasteiger partial charge in [0.1, 0.15) is 0 Å². The first kappa shape index (κ1) is 15.3. The lowest BCUT2D eigenvalue weighted by Crippen LogP contribution is -2.24. The molecule has 106 valence electrons. The Kier molecular flexibility index (Phi) is 5.81. The first-order chi connectivity index (χ1) is 9.70. The summed E-state index contributed by atoms with van der Waals surface area (Å²) in [6, 6.07) is 20.0. The molecule has 0 aliphatic carbocycles. The SMILES string of the molecule is CCCC(N[C@H](C)c1cccc(Br)c1)c1ccccc1. The average molecular weight is 332 g/mol. The van der Waals surface area contributed by atoms with E-state index in [2.05, 4.69) is 89.7 Å². The summed E-state index contributed by atoms with van der Waals surface area (Å²) in [7, 11) is 0. The van der Waals surface area contributed by atoms with Gasteiger partial charge in [0.15, 0.2) is 0 Å². The Morgan fingerprint density at radius 3 is 2.35 bits per heavy atom. The van der Waals surface area contributed by atoms with E-state index < -0.39 is 0 Å². The zero-order valence-electron chi connectivity index (χ0n) is 12.1. The molecule has 0 bridgehead atoms. The fourth-order valence-electron chi connectivity index (χ4n) is 2.49. The Bertz CT molecular complexity index is 524. The molecule has 0 saturated carbocycles. The molecule has 0 spiro atoms. The van der Waals surface area contributed by atoms with E-state index in [1.54, 1.807) is 0 Å². The zero-order chi connectivity index (χ0) is 14.4. The van der Waals surface area contributed by atoms with Gasteiger partial charge in [-0.05, 0) is 36.6 Å². The van der Waals surface area contributed by atoms with Gasteiger partial charge in [0.05, 0.1) is 0 Å². The van der Waals surface area contributed by atoms with E-state index in [-0.39, 0.29) is 0 Å². The highest BCUT2D eigenvalue weighted by molar-refractivity contribution is 9.10. The molecule has 0 saturated heterocycles. The number of halogens is 1. The molecular formula is C18H22BrN. The van der Waals surface area contributed by atoms with Gasteiger partial charge in [-0.3, -0.25) is 0 Å². The summed E-state index contributed by atoms with van der Waals surface area (Å²) in [6.07, 6.45) is 2.33. The van der Waals surface area contributed by atoms with Crippen LogP contribution in [0.1, 0.15) is 49.9 Å². The first-order valence-corrected chi connectivity index (χ1v) is 8.06. The second-order valence-corrected chi connectivity index (χ2v) is 6.11. The van der Waals surface area contributed by atoms with Crippen LogP contribution in [0.2, 0.25) is 0 Å². The number of benzene rings is 2. The Morgan fingerprint density at radius 1 is 1.00 bits per heavy atom. The van der Waals surface area contributed by atoms with Crippen molar-refractivity contribution in [3.63, 3.8) is 0 Å². The fourth-order valence-corrected chi connectivity index (χ4v) is 2.91. The smallest absolute Gasteiger partial charge is 0.0325 e. The van der Waals surface area contributed by atoms with Crippen molar-refractivity contribution in [3.05, 3.63) is 70.2 Å². The maximum absolute atomic E-state index is 3.76. The summed E-state index contributed by atoms with van der Waals surface area (Å²) in [5, 5.41) is 3.76. The van der Waals surface area contributed by atoms with Crippen molar-refractivity contribution in [2.45, 2.75) is 38.8 Å². The second kappa shape index (κ2) is 7.61.